The van der Waals surface area contributed by atoms with Gasteiger partial charge in [-0.3, -0.25) is 14.4 Å². The first-order chi connectivity index (χ1) is 8.16. The molecule has 0 atom stereocenters. The van der Waals surface area contributed by atoms with Crippen LogP contribution in [-0.2, 0) is 18.4 Å². The van der Waals surface area contributed by atoms with Gasteiger partial charge >= 0.3 is 5.97 Å². The number of nitrogens with zero attached hydrogens (tertiary/aromatic N) is 4. The maximum atomic E-state index is 10.9. The number of hydrogen-bond acceptors (Lipinski definition) is 4. The van der Waals surface area contributed by atoms with Crippen LogP contribution in [0.5, 0.6) is 0 Å². The summed E-state index contributed by atoms with van der Waals surface area (Å²) in [6.07, 6.45) is 6.07. The molecule has 0 spiro atoms. The van der Waals surface area contributed by atoms with Crippen molar-refractivity contribution in [1.82, 2.24) is 19.7 Å². The summed E-state index contributed by atoms with van der Waals surface area (Å²) in [7, 11) is 1.83. The Balaban J connectivity index is 2.04. The minimum atomic E-state index is -0.779. The lowest BCUT2D eigenvalue weighted by Crippen LogP contribution is -2.37. The first kappa shape index (κ1) is 12.0. The zero-order valence-electron chi connectivity index (χ0n) is 10.0. The van der Waals surface area contributed by atoms with Crippen molar-refractivity contribution < 1.29 is 9.90 Å². The SMILES string of the molecule is Cn1ncnc1CN(CC(=O)O)C1CCCC1. The fourth-order valence-electron chi connectivity index (χ4n) is 2.40. The fourth-order valence-corrected chi connectivity index (χ4v) is 2.40. The third kappa shape index (κ3) is 3.03. The van der Waals surface area contributed by atoms with Gasteiger partial charge in [0, 0.05) is 13.1 Å². The molecule has 0 amide bonds. The molecule has 1 fully saturated rings. The van der Waals surface area contributed by atoms with Crippen LogP contribution >= 0.6 is 0 Å². The molecular formula is C11H18N4O2. The summed E-state index contributed by atoms with van der Waals surface area (Å²) in [5.74, 6) is 0.0391. The molecular weight excluding hydrogens is 220 g/mol. The van der Waals surface area contributed by atoms with Gasteiger partial charge in [0.1, 0.15) is 12.2 Å². The van der Waals surface area contributed by atoms with Crippen molar-refractivity contribution >= 4 is 5.97 Å². The zero-order chi connectivity index (χ0) is 12.3. The van der Waals surface area contributed by atoms with Crippen molar-refractivity contribution in [3.8, 4) is 0 Å². The Morgan fingerprint density at radius 2 is 2.29 bits per heavy atom. The molecule has 1 saturated carbocycles. The average Bonchev–Trinajstić information content (AvgIpc) is 2.89. The summed E-state index contributed by atoms with van der Waals surface area (Å²) < 4.78 is 1.70. The predicted molar refractivity (Wildman–Crippen MR) is 61.3 cm³/mol. The van der Waals surface area contributed by atoms with Crippen LogP contribution in [0.3, 0.4) is 0 Å². The Morgan fingerprint density at radius 3 is 2.82 bits per heavy atom. The van der Waals surface area contributed by atoms with E-state index in [-0.39, 0.29) is 6.54 Å². The van der Waals surface area contributed by atoms with Gasteiger partial charge in [-0.2, -0.15) is 5.10 Å². The molecule has 6 heteroatoms. The number of rotatable bonds is 5. The van der Waals surface area contributed by atoms with Gasteiger partial charge in [0.25, 0.3) is 0 Å². The van der Waals surface area contributed by atoms with E-state index in [1.165, 1.54) is 19.2 Å². The Bertz CT molecular complexity index is 385. The zero-order valence-corrected chi connectivity index (χ0v) is 10.0. The standard InChI is InChI=1S/C11H18N4O2/c1-14-10(12-8-13-14)6-15(7-11(16)17)9-4-2-3-5-9/h8-9H,2-7H2,1H3,(H,16,17). The lowest BCUT2D eigenvalue weighted by atomic mass is 10.2. The van der Waals surface area contributed by atoms with E-state index in [1.54, 1.807) is 4.68 Å². The van der Waals surface area contributed by atoms with E-state index >= 15 is 0 Å². The van der Waals surface area contributed by atoms with Gasteiger partial charge in [-0.25, -0.2) is 4.98 Å². The van der Waals surface area contributed by atoms with Crippen molar-refractivity contribution in [2.45, 2.75) is 38.3 Å². The number of aromatic nitrogens is 3. The van der Waals surface area contributed by atoms with Crippen molar-refractivity contribution in [2.24, 2.45) is 7.05 Å². The van der Waals surface area contributed by atoms with Crippen molar-refractivity contribution in [2.75, 3.05) is 6.54 Å². The molecule has 1 N–H and O–H groups in total. The minimum Gasteiger partial charge on any atom is -0.480 e. The number of carboxylic acids is 1. The topological polar surface area (TPSA) is 71.2 Å². The molecule has 0 aromatic carbocycles. The van der Waals surface area contributed by atoms with Crippen LogP contribution in [-0.4, -0.2) is 43.3 Å². The van der Waals surface area contributed by atoms with E-state index in [0.717, 1.165) is 18.7 Å². The number of aliphatic carboxylic acids is 1. The second kappa shape index (κ2) is 5.27. The Kier molecular flexibility index (Phi) is 3.73. The first-order valence-electron chi connectivity index (χ1n) is 5.95. The molecule has 0 radical (unpaired) electrons. The van der Waals surface area contributed by atoms with Crippen LogP contribution < -0.4 is 0 Å². The largest absolute Gasteiger partial charge is 0.480 e. The number of carbonyl (C=O) groups is 1. The lowest BCUT2D eigenvalue weighted by Gasteiger charge is -2.26. The minimum absolute atomic E-state index is 0.0809. The molecule has 17 heavy (non-hydrogen) atoms. The quantitative estimate of drug-likeness (QED) is 0.815. The third-order valence-corrected chi connectivity index (χ3v) is 3.33. The summed E-state index contributed by atoms with van der Waals surface area (Å²) in [5.41, 5.74) is 0. The summed E-state index contributed by atoms with van der Waals surface area (Å²) in [6, 6.07) is 0.378. The Morgan fingerprint density at radius 1 is 1.59 bits per heavy atom. The molecule has 0 aliphatic heterocycles. The first-order valence-corrected chi connectivity index (χ1v) is 5.95. The molecule has 1 aliphatic rings. The molecule has 1 heterocycles. The highest BCUT2D eigenvalue weighted by Gasteiger charge is 2.25. The van der Waals surface area contributed by atoms with Crippen LogP contribution in [0.15, 0.2) is 6.33 Å². The lowest BCUT2D eigenvalue weighted by molar-refractivity contribution is -0.139. The second-order valence-electron chi connectivity index (χ2n) is 4.54. The Labute approximate surface area is 100 Å². The van der Waals surface area contributed by atoms with E-state index in [0.29, 0.717) is 12.6 Å². The fraction of sp³-hybridized carbons (Fsp3) is 0.727. The molecule has 2 rings (SSSR count). The van der Waals surface area contributed by atoms with E-state index < -0.39 is 5.97 Å². The predicted octanol–water partition coefficient (Wildman–Crippen LogP) is 0.644. The number of aryl methyl sites for hydroxylation is 1. The van der Waals surface area contributed by atoms with Crippen LogP contribution in [0, 0.1) is 0 Å². The number of hydrogen-bond donors (Lipinski definition) is 1. The molecule has 6 nitrogen and oxygen atoms in total. The highest BCUT2D eigenvalue weighted by Crippen LogP contribution is 2.24. The molecule has 1 aromatic rings. The number of carboxylic acid groups (broad SMARTS) is 1. The second-order valence-corrected chi connectivity index (χ2v) is 4.54. The summed E-state index contributed by atoms with van der Waals surface area (Å²) in [6.45, 7) is 0.644. The monoisotopic (exact) mass is 238 g/mol. The van der Waals surface area contributed by atoms with Crippen molar-refractivity contribution in [3.05, 3.63) is 12.2 Å². The van der Waals surface area contributed by atoms with Crippen LogP contribution in [0.4, 0.5) is 0 Å². The van der Waals surface area contributed by atoms with E-state index in [9.17, 15) is 4.79 Å². The Hall–Kier alpha value is -1.43. The maximum absolute atomic E-state index is 10.9. The normalized spacial score (nSPS) is 16.8. The van der Waals surface area contributed by atoms with E-state index in [4.69, 9.17) is 5.11 Å². The molecule has 1 aliphatic carbocycles. The average molecular weight is 238 g/mol. The van der Waals surface area contributed by atoms with Gasteiger partial charge < -0.3 is 5.11 Å². The molecule has 0 bridgehead atoms. The summed E-state index contributed by atoms with van der Waals surface area (Å²) in [5, 5.41) is 13.0. The van der Waals surface area contributed by atoms with Crippen LogP contribution in [0.2, 0.25) is 0 Å². The van der Waals surface area contributed by atoms with Crippen molar-refractivity contribution in [1.29, 1.82) is 0 Å². The molecule has 0 unspecified atom stereocenters. The smallest absolute Gasteiger partial charge is 0.317 e. The highest BCUT2D eigenvalue weighted by atomic mass is 16.4. The van der Waals surface area contributed by atoms with Gasteiger partial charge in [-0.05, 0) is 12.8 Å². The third-order valence-electron chi connectivity index (χ3n) is 3.33. The van der Waals surface area contributed by atoms with Gasteiger partial charge in [0.15, 0.2) is 0 Å². The van der Waals surface area contributed by atoms with Gasteiger partial charge in [0.05, 0.1) is 13.1 Å². The summed E-state index contributed by atoms with van der Waals surface area (Å²) >= 11 is 0. The molecule has 94 valence electrons. The van der Waals surface area contributed by atoms with Gasteiger partial charge in [-0.15, -0.1) is 0 Å². The van der Waals surface area contributed by atoms with Gasteiger partial charge in [-0.1, -0.05) is 12.8 Å². The van der Waals surface area contributed by atoms with Crippen LogP contribution in [0.25, 0.3) is 0 Å². The molecule has 0 saturated heterocycles. The molecule has 1 aromatic heterocycles. The van der Waals surface area contributed by atoms with E-state index in [2.05, 4.69) is 10.1 Å². The van der Waals surface area contributed by atoms with Gasteiger partial charge in [0.2, 0.25) is 0 Å². The van der Waals surface area contributed by atoms with Crippen LogP contribution in [0.1, 0.15) is 31.5 Å². The van der Waals surface area contributed by atoms with E-state index in [1.807, 2.05) is 11.9 Å². The summed E-state index contributed by atoms with van der Waals surface area (Å²) in [4.78, 5) is 17.0. The maximum Gasteiger partial charge on any atom is 0.317 e. The van der Waals surface area contributed by atoms with Crippen molar-refractivity contribution in [3.63, 3.8) is 0 Å². The highest BCUT2D eigenvalue weighted by molar-refractivity contribution is 5.69.